The van der Waals surface area contributed by atoms with Crippen LogP contribution in [-0.2, 0) is 11.3 Å². The van der Waals surface area contributed by atoms with Crippen LogP contribution in [0.5, 0.6) is 0 Å². The first-order valence-electron chi connectivity index (χ1n) is 5.63. The molecular formula is C10H17N5O. The first-order valence-corrected chi connectivity index (χ1v) is 5.63. The van der Waals surface area contributed by atoms with Gasteiger partial charge >= 0.3 is 0 Å². The molecule has 1 fully saturated rings. The normalized spacial score (nSPS) is 25.3. The molecule has 1 amide bonds. The zero-order valence-electron chi connectivity index (χ0n) is 9.15. The summed E-state index contributed by atoms with van der Waals surface area (Å²) < 4.78 is 0. The summed E-state index contributed by atoms with van der Waals surface area (Å²) >= 11 is 0. The number of nitrogens with zero attached hydrogens (tertiary/aromatic N) is 2. The van der Waals surface area contributed by atoms with Crippen LogP contribution in [0.1, 0.15) is 31.5 Å². The Hall–Kier alpha value is -1.43. The molecule has 0 aromatic carbocycles. The number of carbonyl (C=O) groups is 1. The van der Waals surface area contributed by atoms with Gasteiger partial charge in [-0.15, -0.1) is 0 Å². The summed E-state index contributed by atoms with van der Waals surface area (Å²) in [6.07, 6.45) is 5.24. The fourth-order valence-corrected chi connectivity index (χ4v) is 2.10. The van der Waals surface area contributed by atoms with Crippen molar-refractivity contribution in [3.63, 3.8) is 0 Å². The predicted octanol–water partition coefficient (Wildman–Crippen LogP) is -0.0616. The minimum absolute atomic E-state index is 0.0617. The van der Waals surface area contributed by atoms with E-state index in [2.05, 4.69) is 20.5 Å². The molecule has 16 heavy (non-hydrogen) atoms. The Kier molecular flexibility index (Phi) is 3.51. The third kappa shape index (κ3) is 2.79. The Morgan fingerprint density at radius 3 is 3.19 bits per heavy atom. The molecule has 1 aliphatic carbocycles. The van der Waals surface area contributed by atoms with Gasteiger partial charge in [-0.05, 0) is 19.3 Å². The summed E-state index contributed by atoms with van der Waals surface area (Å²) in [4.78, 5) is 15.8. The van der Waals surface area contributed by atoms with E-state index in [1.54, 1.807) is 0 Å². The van der Waals surface area contributed by atoms with Crippen molar-refractivity contribution >= 4 is 5.91 Å². The number of hydrogen-bond donors (Lipinski definition) is 3. The maximum absolute atomic E-state index is 11.8. The largest absolute Gasteiger partial charge is 0.349 e. The summed E-state index contributed by atoms with van der Waals surface area (Å²) in [5.41, 5.74) is 5.85. The van der Waals surface area contributed by atoms with Crippen LogP contribution in [0.4, 0.5) is 0 Å². The van der Waals surface area contributed by atoms with Crippen LogP contribution in [0.2, 0.25) is 0 Å². The average molecular weight is 223 g/mol. The Balaban J connectivity index is 1.79. The van der Waals surface area contributed by atoms with Crippen molar-refractivity contribution in [2.75, 3.05) is 0 Å². The molecule has 88 valence electrons. The summed E-state index contributed by atoms with van der Waals surface area (Å²) in [7, 11) is 0. The number of rotatable bonds is 3. The fourth-order valence-electron chi connectivity index (χ4n) is 2.10. The van der Waals surface area contributed by atoms with Crippen molar-refractivity contribution in [3.8, 4) is 0 Å². The van der Waals surface area contributed by atoms with Gasteiger partial charge in [0.15, 0.2) is 0 Å². The van der Waals surface area contributed by atoms with Gasteiger partial charge in [0.25, 0.3) is 0 Å². The molecule has 0 saturated heterocycles. The SMILES string of the molecule is NC1CCCC(C(=O)NCc2ncn[nH]2)C1. The smallest absolute Gasteiger partial charge is 0.223 e. The lowest BCUT2D eigenvalue weighted by Gasteiger charge is -2.25. The van der Waals surface area contributed by atoms with E-state index in [1.807, 2.05) is 0 Å². The molecule has 1 aromatic rings. The number of carbonyl (C=O) groups excluding carboxylic acids is 1. The van der Waals surface area contributed by atoms with Gasteiger partial charge in [0.05, 0.1) is 6.54 Å². The van der Waals surface area contributed by atoms with Gasteiger partial charge in [-0.25, -0.2) is 4.98 Å². The first-order chi connectivity index (χ1) is 7.75. The summed E-state index contributed by atoms with van der Waals surface area (Å²) in [6.45, 7) is 0.407. The monoisotopic (exact) mass is 223 g/mol. The van der Waals surface area contributed by atoms with Gasteiger partial charge in [-0.2, -0.15) is 5.10 Å². The number of H-pyrrole nitrogens is 1. The summed E-state index contributed by atoms with van der Waals surface area (Å²) in [5, 5.41) is 9.27. The fraction of sp³-hybridized carbons (Fsp3) is 0.700. The lowest BCUT2D eigenvalue weighted by Crippen LogP contribution is -2.37. The Morgan fingerprint density at radius 1 is 1.62 bits per heavy atom. The number of aromatic nitrogens is 3. The van der Waals surface area contributed by atoms with Gasteiger partial charge in [-0.1, -0.05) is 6.42 Å². The number of nitrogens with one attached hydrogen (secondary N) is 2. The zero-order valence-corrected chi connectivity index (χ0v) is 9.15. The van der Waals surface area contributed by atoms with Crippen LogP contribution in [0, 0.1) is 5.92 Å². The molecule has 1 heterocycles. The number of nitrogens with two attached hydrogens (primary N) is 1. The molecule has 4 N–H and O–H groups in total. The molecule has 0 radical (unpaired) electrons. The minimum Gasteiger partial charge on any atom is -0.349 e. The molecule has 2 unspecified atom stereocenters. The molecule has 6 heteroatoms. The lowest BCUT2D eigenvalue weighted by atomic mass is 9.85. The standard InChI is InChI=1S/C10H17N5O/c11-8-3-1-2-7(4-8)10(16)12-5-9-13-6-14-15-9/h6-8H,1-5,11H2,(H,12,16)(H,13,14,15). The van der Waals surface area contributed by atoms with Crippen LogP contribution < -0.4 is 11.1 Å². The van der Waals surface area contributed by atoms with Crippen LogP contribution in [0.25, 0.3) is 0 Å². The Morgan fingerprint density at radius 2 is 2.50 bits per heavy atom. The highest BCUT2D eigenvalue weighted by Gasteiger charge is 2.24. The summed E-state index contributed by atoms with van der Waals surface area (Å²) in [5.74, 6) is 0.812. The van der Waals surface area contributed by atoms with Crippen LogP contribution in [0.3, 0.4) is 0 Å². The molecule has 2 atom stereocenters. The average Bonchev–Trinajstić information content (AvgIpc) is 2.78. The highest BCUT2D eigenvalue weighted by atomic mass is 16.1. The number of amides is 1. The van der Waals surface area contributed by atoms with Crippen LogP contribution >= 0.6 is 0 Å². The van der Waals surface area contributed by atoms with Crippen molar-refractivity contribution in [1.29, 1.82) is 0 Å². The Bertz CT molecular complexity index is 337. The van der Waals surface area contributed by atoms with Gasteiger partial charge in [0.1, 0.15) is 12.2 Å². The molecule has 1 saturated carbocycles. The molecular weight excluding hydrogens is 206 g/mol. The lowest BCUT2D eigenvalue weighted by molar-refractivity contribution is -0.126. The molecule has 0 bridgehead atoms. The molecule has 2 rings (SSSR count). The number of hydrogen-bond acceptors (Lipinski definition) is 4. The van der Waals surface area contributed by atoms with E-state index >= 15 is 0 Å². The van der Waals surface area contributed by atoms with Crippen molar-refractivity contribution in [2.24, 2.45) is 11.7 Å². The van der Waals surface area contributed by atoms with E-state index in [0.717, 1.165) is 25.7 Å². The maximum atomic E-state index is 11.8. The molecule has 1 aromatic heterocycles. The molecule has 1 aliphatic rings. The van der Waals surface area contributed by atoms with Gasteiger partial charge in [0, 0.05) is 12.0 Å². The highest BCUT2D eigenvalue weighted by Crippen LogP contribution is 2.23. The Labute approximate surface area is 94.0 Å². The van der Waals surface area contributed by atoms with Gasteiger partial charge in [-0.3, -0.25) is 9.89 Å². The maximum Gasteiger partial charge on any atom is 0.223 e. The predicted molar refractivity (Wildman–Crippen MR) is 58.2 cm³/mol. The van der Waals surface area contributed by atoms with E-state index in [4.69, 9.17) is 5.73 Å². The van der Waals surface area contributed by atoms with Crippen molar-refractivity contribution < 1.29 is 4.79 Å². The third-order valence-corrected chi connectivity index (χ3v) is 2.98. The third-order valence-electron chi connectivity index (χ3n) is 2.98. The van der Waals surface area contributed by atoms with E-state index < -0.39 is 0 Å². The van der Waals surface area contributed by atoms with Gasteiger partial charge < -0.3 is 11.1 Å². The second kappa shape index (κ2) is 5.07. The quantitative estimate of drug-likeness (QED) is 0.668. The summed E-state index contributed by atoms with van der Waals surface area (Å²) in [6, 6.07) is 0.176. The van der Waals surface area contributed by atoms with Crippen molar-refractivity contribution in [2.45, 2.75) is 38.3 Å². The number of aromatic amines is 1. The van der Waals surface area contributed by atoms with E-state index in [9.17, 15) is 4.79 Å². The van der Waals surface area contributed by atoms with E-state index in [0.29, 0.717) is 12.4 Å². The van der Waals surface area contributed by atoms with E-state index in [1.165, 1.54) is 6.33 Å². The zero-order chi connectivity index (χ0) is 11.4. The first kappa shape index (κ1) is 11.1. The molecule has 0 aliphatic heterocycles. The highest BCUT2D eigenvalue weighted by molar-refractivity contribution is 5.78. The minimum atomic E-state index is 0.0617. The second-order valence-corrected chi connectivity index (χ2v) is 4.27. The topological polar surface area (TPSA) is 96.7 Å². The molecule has 0 spiro atoms. The van der Waals surface area contributed by atoms with Crippen molar-refractivity contribution in [1.82, 2.24) is 20.5 Å². The second-order valence-electron chi connectivity index (χ2n) is 4.27. The van der Waals surface area contributed by atoms with Crippen LogP contribution in [-0.4, -0.2) is 27.1 Å². The van der Waals surface area contributed by atoms with Gasteiger partial charge in [0.2, 0.25) is 5.91 Å². The van der Waals surface area contributed by atoms with Crippen molar-refractivity contribution in [3.05, 3.63) is 12.2 Å². The van der Waals surface area contributed by atoms with Crippen LogP contribution in [0.15, 0.2) is 6.33 Å². The molecule has 6 nitrogen and oxygen atoms in total. The van der Waals surface area contributed by atoms with E-state index in [-0.39, 0.29) is 17.9 Å².